The molecule has 1 aromatic heterocycles. The van der Waals surface area contributed by atoms with Crippen molar-refractivity contribution in [1.82, 2.24) is 20.1 Å². The summed E-state index contributed by atoms with van der Waals surface area (Å²) in [7, 11) is 1.42. The minimum atomic E-state index is -5.08. The molecule has 1 fully saturated rings. The first-order chi connectivity index (χ1) is 23.5. The number of aromatic nitrogens is 1. The summed E-state index contributed by atoms with van der Waals surface area (Å²) in [6.45, 7) is 7.79. The number of alkyl halides is 3. The van der Waals surface area contributed by atoms with E-state index in [9.17, 15) is 31.9 Å². The molecule has 2 atom stereocenters. The number of carbonyl (C=O) groups excluding carboxylic acids is 3. The van der Waals surface area contributed by atoms with Crippen molar-refractivity contribution in [1.29, 1.82) is 0 Å². The van der Waals surface area contributed by atoms with Gasteiger partial charge in [-0.25, -0.2) is 8.78 Å². The lowest BCUT2D eigenvalue weighted by Gasteiger charge is -2.32. The molecule has 4 N–H and O–H groups in total. The zero-order valence-electron chi connectivity index (χ0n) is 28.7. The highest BCUT2D eigenvalue weighted by atomic mass is 19.4. The van der Waals surface area contributed by atoms with E-state index >= 15 is 4.39 Å². The Bertz CT molecular complexity index is 1680. The molecule has 0 aliphatic carbocycles. The molecule has 15 heteroatoms. The summed E-state index contributed by atoms with van der Waals surface area (Å²) < 4.78 is 80.5. The summed E-state index contributed by atoms with van der Waals surface area (Å²) in [5.74, 6) is -4.05. The highest BCUT2D eigenvalue weighted by Gasteiger charge is 2.35. The smallest absolute Gasteiger partial charge is 0.405 e. The summed E-state index contributed by atoms with van der Waals surface area (Å²) in [6.07, 6.45) is -3.08. The van der Waals surface area contributed by atoms with Crippen LogP contribution in [0.2, 0.25) is 0 Å². The van der Waals surface area contributed by atoms with Gasteiger partial charge >= 0.3 is 6.36 Å². The molecule has 2 heterocycles. The maximum Gasteiger partial charge on any atom is 0.573 e. The molecule has 0 bridgehead atoms. The Balaban J connectivity index is 0.00000702. The van der Waals surface area contributed by atoms with Crippen molar-refractivity contribution in [2.45, 2.75) is 85.4 Å². The number of hydrogen-bond acceptors (Lipinski definition) is 6. The Morgan fingerprint density at radius 1 is 0.980 bits per heavy atom. The molecule has 0 saturated carbocycles. The number of nitrogens with two attached hydrogens (primary N) is 1. The average Bonchev–Trinajstić information content (AvgIpc) is 3.46. The first kappa shape index (κ1) is 41.2. The van der Waals surface area contributed by atoms with Gasteiger partial charge in [-0.2, -0.15) is 0 Å². The quantitative estimate of drug-likeness (QED) is 0.190. The lowest BCUT2D eigenvalue weighted by molar-refractivity contribution is -0.274. The van der Waals surface area contributed by atoms with Crippen LogP contribution >= 0.6 is 0 Å². The fourth-order valence-electron chi connectivity index (χ4n) is 6.08. The second-order valence-corrected chi connectivity index (χ2v) is 13.2. The molecular formula is C36H48F5N5O5. The van der Waals surface area contributed by atoms with Crippen molar-refractivity contribution in [3.8, 4) is 5.75 Å². The predicted octanol–water partition coefficient (Wildman–Crippen LogP) is 5.86. The van der Waals surface area contributed by atoms with E-state index in [0.29, 0.717) is 24.0 Å². The normalized spacial score (nSPS) is 15.1. The predicted molar refractivity (Wildman–Crippen MR) is 183 cm³/mol. The Hall–Kier alpha value is -4.24. The van der Waals surface area contributed by atoms with Gasteiger partial charge in [0.1, 0.15) is 23.4 Å². The van der Waals surface area contributed by atoms with Crippen LogP contribution in [0.5, 0.6) is 5.75 Å². The molecule has 4 rings (SSSR count). The van der Waals surface area contributed by atoms with Crippen LogP contribution in [-0.2, 0) is 27.4 Å². The third-order valence-electron chi connectivity index (χ3n) is 8.94. The zero-order valence-corrected chi connectivity index (χ0v) is 28.7. The van der Waals surface area contributed by atoms with E-state index in [2.05, 4.69) is 15.4 Å². The number of rotatable bonds is 13. The third kappa shape index (κ3) is 9.97. The van der Waals surface area contributed by atoms with E-state index in [1.165, 1.54) is 28.8 Å². The summed E-state index contributed by atoms with van der Waals surface area (Å²) in [6, 6.07) is 4.62. The molecule has 51 heavy (non-hydrogen) atoms. The number of ether oxygens (including phenoxy) is 2. The minimum Gasteiger partial charge on any atom is -0.405 e. The first-order valence-corrected chi connectivity index (χ1v) is 16.5. The van der Waals surface area contributed by atoms with Crippen LogP contribution in [-0.4, -0.2) is 72.4 Å². The number of carbonyl (C=O) groups is 3. The van der Waals surface area contributed by atoms with Crippen LogP contribution in [0.3, 0.4) is 0 Å². The molecule has 3 aromatic rings. The Kier molecular flexibility index (Phi) is 14.0. The van der Waals surface area contributed by atoms with Crippen molar-refractivity contribution in [2.75, 3.05) is 26.8 Å². The van der Waals surface area contributed by atoms with Gasteiger partial charge in [-0.3, -0.25) is 14.4 Å². The number of fused-ring (bicyclic) bond motifs is 1. The molecule has 1 aliphatic heterocycles. The van der Waals surface area contributed by atoms with Crippen molar-refractivity contribution in [2.24, 2.45) is 17.6 Å². The second-order valence-electron chi connectivity index (χ2n) is 13.2. The third-order valence-corrected chi connectivity index (χ3v) is 8.94. The van der Waals surface area contributed by atoms with E-state index in [4.69, 9.17) is 10.5 Å². The number of nitrogens with zero attached hydrogens (tertiary/aromatic N) is 2. The number of halogens is 5. The van der Waals surface area contributed by atoms with E-state index in [0.717, 1.165) is 12.1 Å². The summed E-state index contributed by atoms with van der Waals surface area (Å²) >= 11 is 0. The number of nitrogens with one attached hydrogen (secondary N) is 2. The van der Waals surface area contributed by atoms with Gasteiger partial charge in [-0.1, -0.05) is 47.3 Å². The van der Waals surface area contributed by atoms with Gasteiger partial charge in [-0.05, 0) is 59.9 Å². The monoisotopic (exact) mass is 725 g/mol. The molecule has 2 aromatic carbocycles. The lowest BCUT2D eigenvalue weighted by atomic mass is 9.88. The molecule has 0 unspecified atom stereocenters. The van der Waals surface area contributed by atoms with Gasteiger partial charge in [0.2, 0.25) is 11.8 Å². The Morgan fingerprint density at radius 3 is 2.22 bits per heavy atom. The van der Waals surface area contributed by atoms with Gasteiger partial charge in [0.05, 0.1) is 29.1 Å². The maximum atomic E-state index is 15.1. The number of likely N-dealkylation sites (tertiary alicyclic amines) is 1. The fraction of sp³-hybridized carbons (Fsp3) is 0.528. The van der Waals surface area contributed by atoms with Gasteiger partial charge < -0.3 is 35.3 Å². The van der Waals surface area contributed by atoms with Crippen molar-refractivity contribution >= 4 is 28.6 Å². The molecule has 0 spiro atoms. The number of amides is 3. The van der Waals surface area contributed by atoms with Crippen molar-refractivity contribution in [3.05, 3.63) is 64.9 Å². The average molecular weight is 726 g/mol. The molecule has 0 radical (unpaired) electrons. The van der Waals surface area contributed by atoms with Crippen molar-refractivity contribution < 1.29 is 45.8 Å². The Labute approximate surface area is 294 Å². The summed E-state index contributed by atoms with van der Waals surface area (Å²) in [4.78, 5) is 40.7. The lowest BCUT2D eigenvalue weighted by Crippen LogP contribution is -2.54. The highest BCUT2D eigenvalue weighted by Crippen LogP contribution is 2.38. The van der Waals surface area contributed by atoms with E-state index in [1.54, 1.807) is 26.0 Å². The Morgan fingerprint density at radius 2 is 1.63 bits per heavy atom. The molecule has 282 valence electrons. The van der Waals surface area contributed by atoms with Crippen LogP contribution in [0.4, 0.5) is 22.0 Å². The fourth-order valence-corrected chi connectivity index (χ4v) is 6.08. The first-order valence-electron chi connectivity index (χ1n) is 16.5. The highest BCUT2D eigenvalue weighted by molar-refractivity contribution is 6.09. The topological polar surface area (TPSA) is 128 Å². The molecular weight excluding hydrogens is 677 g/mol. The number of benzene rings is 2. The van der Waals surface area contributed by atoms with Crippen LogP contribution in [0, 0.1) is 23.5 Å². The molecule has 3 amide bonds. The minimum absolute atomic E-state index is 0. The van der Waals surface area contributed by atoms with Gasteiger partial charge in [0, 0.05) is 39.5 Å². The van der Waals surface area contributed by atoms with Crippen LogP contribution in [0.25, 0.3) is 10.9 Å². The molecule has 10 nitrogen and oxygen atoms in total. The van der Waals surface area contributed by atoms with Gasteiger partial charge in [0.25, 0.3) is 5.91 Å². The van der Waals surface area contributed by atoms with Crippen LogP contribution in [0.15, 0.2) is 36.5 Å². The van der Waals surface area contributed by atoms with E-state index in [1.807, 2.05) is 13.8 Å². The molecule has 1 aliphatic rings. The second kappa shape index (κ2) is 17.3. The van der Waals surface area contributed by atoms with Gasteiger partial charge in [0.15, 0.2) is 0 Å². The number of methoxy groups -OCH3 is 1. The van der Waals surface area contributed by atoms with Crippen molar-refractivity contribution in [3.63, 3.8) is 0 Å². The standard InChI is InChI=1S/C35H44F5N5O5.CH4/c1-19(2)29(41)32(46)43-30(20(3)4)33(47)42-17-21-6-7-25(36)23(16-21)22-10-12-44(13-11-22)34(48)24-18-45(14-15-49-5)31-26(37)8-9-27(28(24)31)50-35(38,39)40;/h6-9,16,18-20,22,29-30H,10-15,17,41H2,1-5H3,(H,42,47)(H,43,46);1H4/t29-,30-;/m0./s1. The number of piperidine rings is 1. The zero-order chi connectivity index (χ0) is 36.9. The van der Waals surface area contributed by atoms with Gasteiger partial charge in [-0.15, -0.1) is 13.2 Å². The summed E-state index contributed by atoms with van der Waals surface area (Å²) in [5, 5.41) is 5.23. The SMILES string of the molecule is C.COCCn1cc(C(=O)N2CCC(c3cc(CNC(=O)[C@@H](NC(=O)[C@@H](N)C(C)C)C(C)C)ccc3F)CC2)c2c(OC(F)(F)F)ccc(F)c21. The van der Waals surface area contributed by atoms with E-state index < -0.39 is 53.6 Å². The maximum absolute atomic E-state index is 15.1. The van der Waals surface area contributed by atoms with Crippen LogP contribution in [0.1, 0.15) is 75.4 Å². The number of hydrogen-bond donors (Lipinski definition) is 3. The van der Waals surface area contributed by atoms with E-state index in [-0.39, 0.29) is 74.4 Å². The van der Waals surface area contributed by atoms with Crippen LogP contribution < -0.4 is 21.1 Å². The summed E-state index contributed by atoms with van der Waals surface area (Å²) in [5.41, 5.74) is 6.60. The largest absolute Gasteiger partial charge is 0.573 e. The molecule has 1 saturated heterocycles.